The molecule has 0 saturated heterocycles. The first-order chi connectivity index (χ1) is 8.83. The topological polar surface area (TPSA) is 71.4 Å². The fourth-order valence-electron chi connectivity index (χ4n) is 1.64. The van der Waals surface area contributed by atoms with Crippen molar-refractivity contribution in [1.82, 2.24) is 0 Å². The monoisotopic (exact) mass is 310 g/mol. The van der Waals surface area contributed by atoms with Gasteiger partial charge in [-0.3, -0.25) is 4.79 Å². The Balaban J connectivity index is 3.04. The summed E-state index contributed by atoms with van der Waals surface area (Å²) in [5, 5.41) is 9.61. The predicted octanol–water partition coefficient (Wildman–Crippen LogP) is 1.98. The van der Waals surface area contributed by atoms with Crippen molar-refractivity contribution in [1.29, 1.82) is 0 Å². The number of alkyl halides is 3. The molecule has 0 bridgehead atoms. The minimum Gasteiger partial charge on any atom is -0.382 e. The van der Waals surface area contributed by atoms with Crippen LogP contribution in [0.4, 0.5) is 13.2 Å². The van der Waals surface area contributed by atoms with Gasteiger partial charge in [-0.2, -0.15) is 13.2 Å². The third-order valence-corrected chi connectivity index (χ3v) is 3.71. The fourth-order valence-corrected chi connectivity index (χ4v) is 2.27. The normalized spacial score (nSPS) is 15.7. The molecule has 4 nitrogen and oxygen atoms in total. The number of rotatable bonds is 4. The summed E-state index contributed by atoms with van der Waals surface area (Å²) in [5.41, 5.74) is -2.78. The maximum atomic E-state index is 12.3. The lowest BCUT2D eigenvalue weighted by Crippen LogP contribution is -2.39. The molecule has 1 N–H and O–H groups in total. The number of ketones is 1. The molecule has 112 valence electrons. The zero-order chi connectivity index (χ0) is 15.8. The van der Waals surface area contributed by atoms with Crippen LogP contribution in [0.25, 0.3) is 0 Å². The number of Topliss-reactive ketones (excluding diaryl/α,β-unsaturated/α-hetero) is 1. The first-order valence-electron chi connectivity index (χ1n) is 5.47. The molecule has 1 atom stereocenters. The van der Waals surface area contributed by atoms with Crippen LogP contribution in [-0.2, 0) is 9.84 Å². The number of carbonyl (C=O) groups is 1. The van der Waals surface area contributed by atoms with Crippen molar-refractivity contribution in [2.75, 3.05) is 6.26 Å². The molecular formula is C12H13F3O4S. The van der Waals surface area contributed by atoms with Gasteiger partial charge in [0, 0.05) is 11.8 Å². The highest BCUT2D eigenvalue weighted by molar-refractivity contribution is 7.90. The molecule has 0 fully saturated rings. The molecule has 0 saturated carbocycles. The third-order valence-electron chi connectivity index (χ3n) is 2.58. The molecule has 0 amide bonds. The van der Waals surface area contributed by atoms with Crippen molar-refractivity contribution >= 4 is 15.6 Å². The van der Waals surface area contributed by atoms with Gasteiger partial charge in [-0.1, -0.05) is 12.1 Å². The number of benzene rings is 1. The van der Waals surface area contributed by atoms with Crippen LogP contribution in [0.3, 0.4) is 0 Å². The van der Waals surface area contributed by atoms with Crippen molar-refractivity contribution in [2.45, 2.75) is 30.0 Å². The highest BCUT2D eigenvalue weighted by Gasteiger charge is 2.43. The number of hydrogen-bond donors (Lipinski definition) is 1. The average Bonchev–Trinajstić information content (AvgIpc) is 2.24. The lowest BCUT2D eigenvalue weighted by Gasteiger charge is -2.23. The van der Waals surface area contributed by atoms with Crippen LogP contribution in [0, 0.1) is 0 Å². The zero-order valence-corrected chi connectivity index (χ0v) is 11.5. The third kappa shape index (κ3) is 4.31. The van der Waals surface area contributed by atoms with Gasteiger partial charge in [0.25, 0.3) is 0 Å². The summed E-state index contributed by atoms with van der Waals surface area (Å²) in [6.45, 7) is 0.771. The first-order valence-corrected chi connectivity index (χ1v) is 7.36. The van der Waals surface area contributed by atoms with Gasteiger partial charge in [0.05, 0.1) is 11.3 Å². The molecule has 0 spiro atoms. The Kier molecular flexibility index (Phi) is 4.31. The summed E-state index contributed by atoms with van der Waals surface area (Å²) in [5.74, 6) is -1.12. The molecule has 8 heteroatoms. The van der Waals surface area contributed by atoms with Crippen molar-refractivity contribution in [3.8, 4) is 0 Å². The van der Waals surface area contributed by atoms with Gasteiger partial charge in [0.15, 0.2) is 15.6 Å². The maximum Gasteiger partial charge on any atom is 0.392 e. The van der Waals surface area contributed by atoms with E-state index < -0.39 is 33.8 Å². The largest absolute Gasteiger partial charge is 0.392 e. The molecule has 0 aliphatic rings. The van der Waals surface area contributed by atoms with Crippen LogP contribution >= 0.6 is 0 Å². The summed E-state index contributed by atoms with van der Waals surface area (Å²) in [6, 6.07) is 4.35. The number of hydrogen-bond acceptors (Lipinski definition) is 4. The second-order valence-electron chi connectivity index (χ2n) is 4.69. The predicted molar refractivity (Wildman–Crippen MR) is 65.2 cm³/mol. The van der Waals surface area contributed by atoms with Gasteiger partial charge >= 0.3 is 6.18 Å². The van der Waals surface area contributed by atoms with Gasteiger partial charge < -0.3 is 5.11 Å². The van der Waals surface area contributed by atoms with Crippen molar-refractivity contribution in [2.24, 2.45) is 0 Å². The van der Waals surface area contributed by atoms with Gasteiger partial charge in [-0.05, 0) is 19.1 Å². The van der Waals surface area contributed by atoms with Crippen molar-refractivity contribution < 1.29 is 31.5 Å². The smallest absolute Gasteiger partial charge is 0.382 e. The SMILES string of the molecule is C[C@](O)(CC(F)(F)F)C(=O)c1ccc(S(C)(=O)=O)cc1. The van der Waals surface area contributed by atoms with E-state index in [4.69, 9.17) is 0 Å². The number of halogens is 3. The molecule has 1 rings (SSSR count). The Hall–Kier alpha value is -1.41. The lowest BCUT2D eigenvalue weighted by atomic mass is 9.91. The molecule has 0 aliphatic carbocycles. The summed E-state index contributed by atoms with van der Waals surface area (Å²) in [4.78, 5) is 11.7. The molecule has 1 aromatic carbocycles. The van der Waals surface area contributed by atoms with Gasteiger partial charge in [-0.25, -0.2) is 8.42 Å². The Morgan fingerprint density at radius 2 is 1.65 bits per heavy atom. The molecule has 0 unspecified atom stereocenters. The Labute approximate surface area is 114 Å². The molecule has 0 radical (unpaired) electrons. The Bertz CT molecular complexity index is 601. The summed E-state index contributed by atoms with van der Waals surface area (Å²) in [7, 11) is -3.46. The van der Waals surface area contributed by atoms with Crippen LogP contribution in [-0.4, -0.2) is 37.3 Å². The lowest BCUT2D eigenvalue weighted by molar-refractivity contribution is -0.163. The maximum absolute atomic E-state index is 12.3. The van der Waals surface area contributed by atoms with E-state index in [0.29, 0.717) is 0 Å². The van der Waals surface area contributed by atoms with E-state index in [1.807, 2.05) is 0 Å². The summed E-state index contributed by atoms with van der Waals surface area (Å²) < 4.78 is 59.2. The molecule has 20 heavy (non-hydrogen) atoms. The van der Waals surface area contributed by atoms with Crippen molar-refractivity contribution in [3.63, 3.8) is 0 Å². The van der Waals surface area contributed by atoms with Crippen LogP contribution in [0.2, 0.25) is 0 Å². The van der Waals surface area contributed by atoms with Gasteiger partial charge in [-0.15, -0.1) is 0 Å². The van der Waals surface area contributed by atoms with Gasteiger partial charge in [0.1, 0.15) is 5.60 Å². The summed E-state index contributed by atoms with van der Waals surface area (Å²) >= 11 is 0. The number of aliphatic hydroxyl groups is 1. The van der Waals surface area contributed by atoms with E-state index in [1.54, 1.807) is 0 Å². The molecule has 0 aromatic heterocycles. The van der Waals surface area contributed by atoms with E-state index in [9.17, 15) is 31.5 Å². The molecular weight excluding hydrogens is 297 g/mol. The van der Waals surface area contributed by atoms with Crippen LogP contribution in [0.15, 0.2) is 29.2 Å². The molecule has 0 heterocycles. The zero-order valence-electron chi connectivity index (χ0n) is 10.7. The average molecular weight is 310 g/mol. The van der Waals surface area contributed by atoms with E-state index in [2.05, 4.69) is 0 Å². The fraction of sp³-hybridized carbons (Fsp3) is 0.417. The van der Waals surface area contributed by atoms with Crippen molar-refractivity contribution in [3.05, 3.63) is 29.8 Å². The highest BCUT2D eigenvalue weighted by atomic mass is 32.2. The number of sulfone groups is 1. The minimum absolute atomic E-state index is 0.0653. The number of carbonyl (C=O) groups excluding carboxylic acids is 1. The van der Waals surface area contributed by atoms with E-state index >= 15 is 0 Å². The second kappa shape index (κ2) is 5.17. The molecule has 1 aromatic rings. The van der Waals surface area contributed by atoms with E-state index in [1.165, 1.54) is 0 Å². The van der Waals surface area contributed by atoms with Gasteiger partial charge in [0.2, 0.25) is 0 Å². The van der Waals surface area contributed by atoms with Crippen LogP contribution < -0.4 is 0 Å². The Morgan fingerprint density at radius 3 is 2.00 bits per heavy atom. The van der Waals surface area contributed by atoms with E-state index in [-0.39, 0.29) is 10.5 Å². The minimum atomic E-state index is -4.69. The summed E-state index contributed by atoms with van der Waals surface area (Å²) in [6.07, 6.45) is -5.40. The standard InChI is InChI=1S/C12H13F3O4S/c1-11(17,7-12(13,14)15)10(16)8-3-5-9(6-4-8)20(2,18)19/h3-6,17H,7H2,1-2H3/t11-/m0/s1. The van der Waals surface area contributed by atoms with Crippen LogP contribution in [0.1, 0.15) is 23.7 Å². The van der Waals surface area contributed by atoms with E-state index in [0.717, 1.165) is 37.4 Å². The second-order valence-corrected chi connectivity index (χ2v) is 6.71. The molecule has 0 aliphatic heterocycles. The highest BCUT2D eigenvalue weighted by Crippen LogP contribution is 2.29. The van der Waals surface area contributed by atoms with Crippen LogP contribution in [0.5, 0.6) is 0 Å². The first kappa shape index (κ1) is 16.6. The quantitative estimate of drug-likeness (QED) is 0.863. The Morgan fingerprint density at radius 1 is 1.20 bits per heavy atom.